The van der Waals surface area contributed by atoms with Gasteiger partial charge in [-0.25, -0.2) is 9.78 Å². The smallest absolute Gasteiger partial charge is 0.326 e. The number of urea groups is 1. The monoisotopic (exact) mass is 343 g/mol. The lowest BCUT2D eigenvalue weighted by atomic mass is 10.2. The molecule has 3 rings (SSSR count). The summed E-state index contributed by atoms with van der Waals surface area (Å²) in [6, 6.07) is 5.51. The summed E-state index contributed by atoms with van der Waals surface area (Å²) in [6.45, 7) is 0.902. The lowest BCUT2D eigenvalue weighted by Gasteiger charge is -2.13. The van der Waals surface area contributed by atoms with Crippen LogP contribution in [0.5, 0.6) is 0 Å². The van der Waals surface area contributed by atoms with Gasteiger partial charge in [0, 0.05) is 45.4 Å². The number of rotatable bonds is 7. The molecule has 1 N–H and O–H groups in total. The Hall–Kier alpha value is -2.90. The molecule has 3 heterocycles. The van der Waals surface area contributed by atoms with Crippen LogP contribution < -0.4 is 5.32 Å². The molecule has 2 aromatic heterocycles. The van der Waals surface area contributed by atoms with Crippen LogP contribution in [0.15, 0.2) is 30.6 Å². The fraction of sp³-hybridized carbons (Fsp3) is 0.412. The van der Waals surface area contributed by atoms with Crippen molar-refractivity contribution in [2.24, 2.45) is 0 Å². The minimum Gasteiger partial charge on any atom is -0.356 e. The van der Waals surface area contributed by atoms with Gasteiger partial charge in [0.25, 0.3) is 0 Å². The van der Waals surface area contributed by atoms with Crippen LogP contribution in [0, 0.1) is 0 Å². The van der Waals surface area contributed by atoms with E-state index in [0.29, 0.717) is 19.4 Å². The number of likely N-dealkylation sites (N-methyl/N-ethyl adjacent to an activating group) is 1. The van der Waals surface area contributed by atoms with Crippen LogP contribution in [0.1, 0.15) is 18.5 Å². The quantitative estimate of drug-likeness (QED) is 0.749. The molecule has 0 bridgehead atoms. The fourth-order valence-electron chi connectivity index (χ4n) is 2.81. The lowest BCUT2D eigenvalue weighted by Crippen LogP contribution is -2.33. The summed E-state index contributed by atoms with van der Waals surface area (Å²) in [6.07, 6.45) is 5.28. The summed E-state index contributed by atoms with van der Waals surface area (Å²) < 4.78 is 1.94. The van der Waals surface area contributed by atoms with Gasteiger partial charge in [-0.2, -0.15) is 0 Å². The first-order chi connectivity index (χ1) is 12.0. The molecule has 1 aliphatic rings. The van der Waals surface area contributed by atoms with Crippen LogP contribution in [0.4, 0.5) is 4.79 Å². The molecule has 0 unspecified atom stereocenters. The fourth-order valence-corrected chi connectivity index (χ4v) is 2.81. The Morgan fingerprint density at radius 2 is 2.16 bits per heavy atom. The molecule has 2 aromatic rings. The predicted molar refractivity (Wildman–Crippen MR) is 90.9 cm³/mol. The topological polar surface area (TPSA) is 87.0 Å². The van der Waals surface area contributed by atoms with Crippen molar-refractivity contribution < 1.29 is 14.4 Å². The van der Waals surface area contributed by atoms with Gasteiger partial charge in [0.1, 0.15) is 12.2 Å². The van der Waals surface area contributed by atoms with Crippen molar-refractivity contribution in [1.29, 1.82) is 0 Å². The molecule has 1 saturated heterocycles. The van der Waals surface area contributed by atoms with E-state index in [1.54, 1.807) is 7.05 Å². The van der Waals surface area contributed by atoms with E-state index in [4.69, 9.17) is 0 Å². The van der Waals surface area contributed by atoms with Gasteiger partial charge in [-0.05, 0) is 18.6 Å². The molecule has 0 radical (unpaired) electrons. The zero-order chi connectivity index (χ0) is 17.8. The SMILES string of the molecule is CN1CC(=O)N(CCCC(=O)NCCc2cn3ccccc3n2)C1=O. The Balaban J connectivity index is 1.37. The lowest BCUT2D eigenvalue weighted by molar-refractivity contribution is -0.126. The highest BCUT2D eigenvalue weighted by atomic mass is 16.2. The molecule has 132 valence electrons. The van der Waals surface area contributed by atoms with E-state index in [0.717, 1.165) is 11.3 Å². The number of fused-ring (bicyclic) bond motifs is 1. The average Bonchev–Trinajstić information content (AvgIpc) is 3.10. The van der Waals surface area contributed by atoms with Crippen molar-refractivity contribution in [1.82, 2.24) is 24.5 Å². The molecular weight excluding hydrogens is 322 g/mol. The molecule has 0 aromatic carbocycles. The van der Waals surface area contributed by atoms with E-state index >= 15 is 0 Å². The summed E-state index contributed by atoms with van der Waals surface area (Å²) in [5.41, 5.74) is 1.80. The number of imide groups is 1. The highest BCUT2D eigenvalue weighted by molar-refractivity contribution is 6.01. The molecule has 25 heavy (non-hydrogen) atoms. The Kier molecular flexibility index (Phi) is 4.97. The van der Waals surface area contributed by atoms with Gasteiger partial charge < -0.3 is 14.6 Å². The zero-order valence-corrected chi connectivity index (χ0v) is 14.1. The number of hydrogen-bond acceptors (Lipinski definition) is 4. The molecule has 8 nitrogen and oxygen atoms in total. The van der Waals surface area contributed by atoms with E-state index in [9.17, 15) is 14.4 Å². The van der Waals surface area contributed by atoms with Gasteiger partial charge in [-0.15, -0.1) is 0 Å². The first kappa shape index (κ1) is 16.9. The van der Waals surface area contributed by atoms with Gasteiger partial charge in [0.2, 0.25) is 11.8 Å². The van der Waals surface area contributed by atoms with Crippen molar-refractivity contribution in [3.8, 4) is 0 Å². The number of nitrogens with zero attached hydrogens (tertiary/aromatic N) is 4. The first-order valence-electron chi connectivity index (χ1n) is 8.29. The minimum atomic E-state index is -0.294. The van der Waals surface area contributed by atoms with Gasteiger partial charge in [0.05, 0.1) is 5.69 Å². The summed E-state index contributed by atoms with van der Waals surface area (Å²) in [5, 5.41) is 2.85. The molecular formula is C17H21N5O3. The number of carbonyl (C=O) groups excluding carboxylic acids is 3. The van der Waals surface area contributed by atoms with E-state index in [-0.39, 0.29) is 37.4 Å². The highest BCUT2D eigenvalue weighted by Crippen LogP contribution is 2.09. The third-order valence-electron chi connectivity index (χ3n) is 4.13. The van der Waals surface area contributed by atoms with Crippen molar-refractivity contribution in [2.45, 2.75) is 19.3 Å². The second kappa shape index (κ2) is 7.33. The first-order valence-corrected chi connectivity index (χ1v) is 8.29. The average molecular weight is 343 g/mol. The third-order valence-corrected chi connectivity index (χ3v) is 4.13. The van der Waals surface area contributed by atoms with Crippen LogP contribution in [0.3, 0.4) is 0 Å². The normalized spacial score (nSPS) is 14.6. The van der Waals surface area contributed by atoms with Gasteiger partial charge in [0.15, 0.2) is 0 Å². The van der Waals surface area contributed by atoms with Gasteiger partial charge in [-0.3, -0.25) is 14.5 Å². The Labute approximate surface area is 145 Å². The summed E-state index contributed by atoms with van der Waals surface area (Å²) >= 11 is 0. The maximum Gasteiger partial charge on any atom is 0.326 e. The molecule has 1 fully saturated rings. The van der Waals surface area contributed by atoms with Crippen molar-refractivity contribution in [3.05, 3.63) is 36.3 Å². The van der Waals surface area contributed by atoms with Crippen LogP contribution >= 0.6 is 0 Å². The highest BCUT2D eigenvalue weighted by Gasteiger charge is 2.32. The number of pyridine rings is 1. The maximum absolute atomic E-state index is 11.9. The molecule has 8 heteroatoms. The number of aromatic nitrogens is 2. The van der Waals surface area contributed by atoms with Crippen LogP contribution in [-0.2, 0) is 16.0 Å². The zero-order valence-electron chi connectivity index (χ0n) is 14.1. The minimum absolute atomic E-state index is 0.0868. The summed E-state index contributed by atoms with van der Waals surface area (Å²) in [4.78, 5) is 42.3. The summed E-state index contributed by atoms with van der Waals surface area (Å²) in [5.74, 6) is -0.295. The molecule has 4 amide bonds. The third kappa shape index (κ3) is 3.96. The van der Waals surface area contributed by atoms with Crippen LogP contribution in [0.25, 0.3) is 5.65 Å². The van der Waals surface area contributed by atoms with Crippen molar-refractivity contribution >= 4 is 23.5 Å². The largest absolute Gasteiger partial charge is 0.356 e. The van der Waals surface area contributed by atoms with E-state index in [1.165, 1.54) is 9.80 Å². The Bertz CT molecular complexity index is 767. The number of nitrogens with one attached hydrogen (secondary N) is 1. The molecule has 0 aliphatic carbocycles. The van der Waals surface area contributed by atoms with E-state index in [1.807, 2.05) is 35.0 Å². The van der Waals surface area contributed by atoms with Crippen molar-refractivity contribution in [3.63, 3.8) is 0 Å². The second-order valence-electron chi connectivity index (χ2n) is 6.09. The molecule has 0 spiro atoms. The van der Waals surface area contributed by atoms with Gasteiger partial charge in [-0.1, -0.05) is 6.07 Å². The number of imidazole rings is 1. The standard InChI is InChI=1S/C17H21N5O3/c1-20-12-16(24)22(17(20)25)10-4-6-15(23)18-8-7-13-11-21-9-3-2-5-14(21)19-13/h2-3,5,9,11H,4,6-8,10,12H2,1H3,(H,18,23). The van der Waals surface area contributed by atoms with E-state index < -0.39 is 0 Å². The second-order valence-corrected chi connectivity index (χ2v) is 6.09. The summed E-state index contributed by atoms with van der Waals surface area (Å²) in [7, 11) is 1.59. The Morgan fingerprint density at radius 1 is 1.32 bits per heavy atom. The van der Waals surface area contributed by atoms with E-state index in [2.05, 4.69) is 10.3 Å². The maximum atomic E-state index is 11.9. The van der Waals surface area contributed by atoms with Crippen molar-refractivity contribution in [2.75, 3.05) is 26.7 Å². The number of amides is 4. The molecule has 0 saturated carbocycles. The number of hydrogen-bond donors (Lipinski definition) is 1. The predicted octanol–water partition coefficient (Wildman–Crippen LogP) is 0.667. The van der Waals surface area contributed by atoms with Gasteiger partial charge >= 0.3 is 6.03 Å². The Morgan fingerprint density at radius 3 is 2.88 bits per heavy atom. The molecule has 0 atom stereocenters. The van der Waals surface area contributed by atoms with Crippen LogP contribution in [-0.4, -0.2) is 63.7 Å². The number of carbonyl (C=O) groups is 3. The molecule has 1 aliphatic heterocycles. The van der Waals surface area contributed by atoms with Crippen LogP contribution in [0.2, 0.25) is 0 Å².